The molecule has 0 radical (unpaired) electrons. The van der Waals surface area contributed by atoms with Crippen molar-refractivity contribution in [2.45, 2.75) is 6.42 Å². The first-order valence-electron chi connectivity index (χ1n) is 4.43. The second-order valence-corrected chi connectivity index (χ2v) is 3.24. The number of hydrogen-bond donors (Lipinski definition) is 0. The van der Waals surface area contributed by atoms with E-state index in [0.29, 0.717) is 0 Å². The molecule has 0 aromatic rings. The highest BCUT2D eigenvalue weighted by molar-refractivity contribution is 5.82. The number of rotatable bonds is 1. The van der Waals surface area contributed by atoms with E-state index in [1.54, 1.807) is 19.0 Å². The molecule has 0 saturated carbocycles. The summed E-state index contributed by atoms with van der Waals surface area (Å²) in [5.41, 5.74) is 0. The minimum absolute atomic E-state index is 0.0973. The van der Waals surface area contributed by atoms with Gasteiger partial charge in [-0.1, -0.05) is 36.5 Å². The van der Waals surface area contributed by atoms with Gasteiger partial charge in [0.2, 0.25) is 5.91 Å². The first kappa shape index (κ1) is 9.78. The quantitative estimate of drug-likeness (QED) is 0.559. The summed E-state index contributed by atoms with van der Waals surface area (Å²) in [6, 6.07) is 0. The van der Waals surface area contributed by atoms with Crippen molar-refractivity contribution in [3.8, 4) is 0 Å². The van der Waals surface area contributed by atoms with Crippen molar-refractivity contribution in [2.75, 3.05) is 14.1 Å². The summed E-state index contributed by atoms with van der Waals surface area (Å²) in [7, 11) is 3.55. The van der Waals surface area contributed by atoms with Gasteiger partial charge in [-0.3, -0.25) is 4.79 Å². The Morgan fingerprint density at radius 3 is 2.69 bits per heavy atom. The van der Waals surface area contributed by atoms with Crippen molar-refractivity contribution >= 4 is 5.91 Å². The predicted octanol–water partition coefficient (Wildman–Crippen LogP) is 1.76. The van der Waals surface area contributed by atoms with Crippen molar-refractivity contribution in [3.63, 3.8) is 0 Å². The molecule has 1 aliphatic rings. The summed E-state index contributed by atoms with van der Waals surface area (Å²) in [5, 5.41) is 0. The minimum Gasteiger partial charge on any atom is -0.348 e. The van der Waals surface area contributed by atoms with E-state index in [4.69, 9.17) is 0 Å². The second kappa shape index (κ2) is 4.65. The van der Waals surface area contributed by atoms with Gasteiger partial charge in [0, 0.05) is 14.1 Å². The molecule has 0 fully saturated rings. The van der Waals surface area contributed by atoms with Crippen LogP contribution in [0.4, 0.5) is 0 Å². The van der Waals surface area contributed by atoms with Gasteiger partial charge in [-0.2, -0.15) is 0 Å². The molecule has 0 aromatic heterocycles. The van der Waals surface area contributed by atoms with E-state index in [9.17, 15) is 4.79 Å². The zero-order valence-electron chi connectivity index (χ0n) is 8.10. The van der Waals surface area contributed by atoms with Gasteiger partial charge in [0.05, 0.1) is 5.92 Å². The monoisotopic (exact) mass is 177 g/mol. The van der Waals surface area contributed by atoms with Crippen LogP contribution in [0.15, 0.2) is 36.5 Å². The minimum atomic E-state index is -0.0973. The number of carbonyl (C=O) groups excluding carboxylic acids is 1. The third-order valence-corrected chi connectivity index (χ3v) is 1.91. The van der Waals surface area contributed by atoms with Gasteiger partial charge in [-0.05, 0) is 6.42 Å². The molecule has 2 heteroatoms. The summed E-state index contributed by atoms with van der Waals surface area (Å²) < 4.78 is 0. The SMILES string of the molecule is CN(C)C(=O)C1/C=C\C=C/C/C=C\1. The van der Waals surface area contributed by atoms with Gasteiger partial charge in [0.1, 0.15) is 0 Å². The predicted molar refractivity (Wildman–Crippen MR) is 54.2 cm³/mol. The van der Waals surface area contributed by atoms with Crippen LogP contribution in [0.5, 0.6) is 0 Å². The fourth-order valence-electron chi connectivity index (χ4n) is 1.17. The van der Waals surface area contributed by atoms with Crippen molar-refractivity contribution < 1.29 is 4.79 Å². The standard InChI is InChI=1S/C11H15NO/c1-12(2)11(13)10-8-6-4-3-5-7-9-10/h3-4,6-10H,5H2,1-2H3/b4-3-,8-6-,9-7-. The largest absolute Gasteiger partial charge is 0.348 e. The van der Waals surface area contributed by atoms with Crippen LogP contribution in [-0.2, 0) is 4.79 Å². The van der Waals surface area contributed by atoms with E-state index in [1.807, 2.05) is 30.4 Å². The van der Waals surface area contributed by atoms with E-state index in [2.05, 4.69) is 6.08 Å². The Hall–Kier alpha value is -1.31. The molecule has 1 amide bonds. The Kier molecular flexibility index (Phi) is 3.50. The summed E-state index contributed by atoms with van der Waals surface area (Å²) in [5.74, 6) is 0.0303. The van der Waals surface area contributed by atoms with Gasteiger partial charge >= 0.3 is 0 Å². The van der Waals surface area contributed by atoms with Crippen LogP contribution < -0.4 is 0 Å². The number of amides is 1. The molecule has 70 valence electrons. The maximum absolute atomic E-state index is 11.6. The first-order valence-corrected chi connectivity index (χ1v) is 4.43. The molecule has 1 atom stereocenters. The highest BCUT2D eigenvalue weighted by atomic mass is 16.2. The molecule has 0 aliphatic heterocycles. The molecule has 0 spiro atoms. The van der Waals surface area contributed by atoms with Crippen LogP contribution >= 0.6 is 0 Å². The average Bonchev–Trinajstić information content (AvgIpc) is 2.02. The zero-order valence-corrected chi connectivity index (χ0v) is 8.10. The van der Waals surface area contributed by atoms with E-state index >= 15 is 0 Å². The Morgan fingerprint density at radius 2 is 2.00 bits per heavy atom. The van der Waals surface area contributed by atoms with Crippen LogP contribution in [0.1, 0.15) is 6.42 Å². The summed E-state index contributed by atoms with van der Waals surface area (Å²) in [4.78, 5) is 13.2. The van der Waals surface area contributed by atoms with E-state index in [-0.39, 0.29) is 11.8 Å². The van der Waals surface area contributed by atoms with Crippen LogP contribution in [0, 0.1) is 5.92 Å². The summed E-state index contributed by atoms with van der Waals surface area (Å²) in [6.07, 6.45) is 12.7. The van der Waals surface area contributed by atoms with E-state index in [1.165, 1.54) is 0 Å². The zero-order chi connectivity index (χ0) is 9.68. The molecular weight excluding hydrogens is 162 g/mol. The van der Waals surface area contributed by atoms with Crippen LogP contribution in [0.25, 0.3) is 0 Å². The molecule has 1 aliphatic carbocycles. The van der Waals surface area contributed by atoms with Gasteiger partial charge < -0.3 is 4.90 Å². The van der Waals surface area contributed by atoms with Crippen LogP contribution in [-0.4, -0.2) is 24.9 Å². The molecule has 2 nitrogen and oxygen atoms in total. The topological polar surface area (TPSA) is 20.3 Å². The molecule has 1 unspecified atom stereocenters. The molecule has 0 heterocycles. The van der Waals surface area contributed by atoms with Gasteiger partial charge in [-0.25, -0.2) is 0 Å². The fraction of sp³-hybridized carbons (Fsp3) is 0.364. The highest BCUT2D eigenvalue weighted by Crippen LogP contribution is 2.08. The lowest BCUT2D eigenvalue weighted by molar-refractivity contribution is -0.130. The van der Waals surface area contributed by atoms with Crippen molar-refractivity contribution in [1.29, 1.82) is 0 Å². The maximum Gasteiger partial charge on any atom is 0.232 e. The number of carbonyl (C=O) groups is 1. The summed E-state index contributed by atoms with van der Waals surface area (Å²) in [6.45, 7) is 0. The molecule has 1 rings (SSSR count). The highest BCUT2D eigenvalue weighted by Gasteiger charge is 2.13. The normalized spacial score (nSPS) is 28.3. The van der Waals surface area contributed by atoms with Crippen molar-refractivity contribution in [3.05, 3.63) is 36.5 Å². The Balaban J connectivity index is 2.73. The smallest absolute Gasteiger partial charge is 0.232 e. The first-order chi connectivity index (χ1) is 6.22. The van der Waals surface area contributed by atoms with Gasteiger partial charge in [0.15, 0.2) is 0 Å². The third-order valence-electron chi connectivity index (χ3n) is 1.91. The van der Waals surface area contributed by atoms with Crippen molar-refractivity contribution in [1.82, 2.24) is 4.90 Å². The molecule has 0 bridgehead atoms. The Labute approximate surface area is 79.2 Å². The maximum atomic E-state index is 11.6. The van der Waals surface area contributed by atoms with Gasteiger partial charge in [-0.15, -0.1) is 0 Å². The lowest BCUT2D eigenvalue weighted by Crippen LogP contribution is -2.27. The lowest BCUT2D eigenvalue weighted by atomic mass is 10.0. The summed E-state index contributed by atoms with van der Waals surface area (Å²) >= 11 is 0. The number of hydrogen-bond acceptors (Lipinski definition) is 1. The lowest BCUT2D eigenvalue weighted by Gasteiger charge is -2.14. The molecule has 0 aromatic carbocycles. The molecule has 0 N–H and O–H groups in total. The van der Waals surface area contributed by atoms with Crippen molar-refractivity contribution in [2.24, 2.45) is 5.92 Å². The van der Waals surface area contributed by atoms with E-state index < -0.39 is 0 Å². The molecule has 13 heavy (non-hydrogen) atoms. The average molecular weight is 177 g/mol. The van der Waals surface area contributed by atoms with E-state index in [0.717, 1.165) is 6.42 Å². The third kappa shape index (κ3) is 2.90. The number of allylic oxidation sites excluding steroid dienone is 4. The van der Waals surface area contributed by atoms with Gasteiger partial charge in [0.25, 0.3) is 0 Å². The Bertz CT molecular complexity index is 261. The number of nitrogens with zero attached hydrogens (tertiary/aromatic N) is 1. The van der Waals surface area contributed by atoms with Crippen LogP contribution in [0.3, 0.4) is 0 Å². The second-order valence-electron chi connectivity index (χ2n) is 3.24. The molecule has 0 saturated heterocycles. The van der Waals surface area contributed by atoms with Crippen LogP contribution in [0.2, 0.25) is 0 Å². The Morgan fingerprint density at radius 1 is 1.23 bits per heavy atom. The fourth-order valence-corrected chi connectivity index (χ4v) is 1.17. The molecular formula is C11H15NO.